The molecular formula is C71H132O6. The van der Waals surface area contributed by atoms with Crippen LogP contribution in [0.4, 0.5) is 0 Å². The van der Waals surface area contributed by atoms with Gasteiger partial charge in [0.15, 0.2) is 6.10 Å². The predicted molar refractivity (Wildman–Crippen MR) is 335 cm³/mol. The molecule has 0 heterocycles. The van der Waals surface area contributed by atoms with Gasteiger partial charge in [-0.25, -0.2) is 0 Å². The van der Waals surface area contributed by atoms with E-state index in [-0.39, 0.29) is 31.1 Å². The van der Waals surface area contributed by atoms with Crippen LogP contribution in [0.2, 0.25) is 0 Å². The van der Waals surface area contributed by atoms with Gasteiger partial charge in [-0.3, -0.25) is 14.4 Å². The van der Waals surface area contributed by atoms with Crippen LogP contribution in [0.5, 0.6) is 0 Å². The summed E-state index contributed by atoms with van der Waals surface area (Å²) in [5, 5.41) is 0. The smallest absolute Gasteiger partial charge is 0.306 e. The maximum atomic E-state index is 12.9. The van der Waals surface area contributed by atoms with Crippen molar-refractivity contribution in [2.75, 3.05) is 13.2 Å². The van der Waals surface area contributed by atoms with E-state index in [0.717, 1.165) is 70.6 Å². The summed E-state index contributed by atoms with van der Waals surface area (Å²) in [4.78, 5) is 38.0. The average molecular weight is 1080 g/mol. The molecule has 0 spiro atoms. The third-order valence-corrected chi connectivity index (χ3v) is 15.6. The lowest BCUT2D eigenvalue weighted by Gasteiger charge is -2.18. The summed E-state index contributed by atoms with van der Waals surface area (Å²) in [5.74, 6) is -0.858. The third-order valence-electron chi connectivity index (χ3n) is 15.6. The molecule has 6 nitrogen and oxygen atoms in total. The monoisotopic (exact) mass is 1080 g/mol. The second kappa shape index (κ2) is 66.1. The van der Waals surface area contributed by atoms with Crippen LogP contribution in [0.25, 0.3) is 0 Å². The maximum absolute atomic E-state index is 12.9. The lowest BCUT2D eigenvalue weighted by atomic mass is 10.0. The predicted octanol–water partition coefficient (Wildman–Crippen LogP) is 23.6. The van der Waals surface area contributed by atoms with Crippen molar-refractivity contribution in [1.82, 2.24) is 0 Å². The SMILES string of the molecule is CCCCCCC/C=C\C/C=C\CCCCCCCCCCCCCCCCCC(=O)OCC(COC(=O)CCCCCCC)OC(=O)CCCCCCCCCCCCCCCCC/C=C\CCCCCCCCCC. The van der Waals surface area contributed by atoms with Crippen LogP contribution in [-0.2, 0) is 28.6 Å². The van der Waals surface area contributed by atoms with Gasteiger partial charge in [-0.15, -0.1) is 0 Å². The van der Waals surface area contributed by atoms with Crippen molar-refractivity contribution < 1.29 is 28.6 Å². The number of ether oxygens (including phenoxy) is 3. The highest BCUT2D eigenvalue weighted by atomic mass is 16.6. The Kier molecular flexibility index (Phi) is 64.1. The normalized spacial score (nSPS) is 12.2. The van der Waals surface area contributed by atoms with Gasteiger partial charge in [-0.2, -0.15) is 0 Å². The standard InChI is InChI=1S/C71H132O6/c1-4-7-10-13-15-17-19-21-23-25-27-29-31-33-35-37-39-41-43-45-47-49-51-53-55-58-61-64-70(73)76-67-68(66-75-69(72)63-60-57-12-9-6-3)77-71(74)65-62-59-56-54-52-50-48-46-44-42-40-38-36-34-32-30-28-26-24-22-20-18-16-14-11-8-5-2/h19,21,25-28,68H,4-18,20,22-24,29-67H2,1-3H3/b21-19-,27-25-,28-26-. The summed E-state index contributed by atoms with van der Waals surface area (Å²) in [6.45, 7) is 6.61. The van der Waals surface area contributed by atoms with Gasteiger partial charge in [0.25, 0.3) is 0 Å². The number of rotatable bonds is 64. The highest BCUT2D eigenvalue weighted by Crippen LogP contribution is 2.18. The zero-order valence-electron chi connectivity index (χ0n) is 52.0. The Balaban J connectivity index is 3.95. The minimum atomic E-state index is -0.767. The molecule has 6 heteroatoms. The molecule has 0 aliphatic carbocycles. The molecule has 0 bridgehead atoms. The molecule has 0 rings (SSSR count). The molecule has 0 aromatic carbocycles. The van der Waals surface area contributed by atoms with E-state index in [0.29, 0.717) is 19.3 Å². The summed E-state index contributed by atoms with van der Waals surface area (Å²) >= 11 is 0. The molecular weight excluding hydrogens is 949 g/mol. The topological polar surface area (TPSA) is 78.9 Å². The average Bonchev–Trinajstić information content (AvgIpc) is 3.43. The zero-order valence-corrected chi connectivity index (χ0v) is 52.0. The lowest BCUT2D eigenvalue weighted by Crippen LogP contribution is -2.30. The highest BCUT2D eigenvalue weighted by Gasteiger charge is 2.19. The quantitative estimate of drug-likeness (QED) is 0.0261. The van der Waals surface area contributed by atoms with Gasteiger partial charge in [0.05, 0.1) is 0 Å². The Bertz CT molecular complexity index is 1290. The largest absolute Gasteiger partial charge is 0.462 e. The van der Waals surface area contributed by atoms with Crippen LogP contribution >= 0.6 is 0 Å². The van der Waals surface area contributed by atoms with Crippen molar-refractivity contribution >= 4 is 17.9 Å². The Hall–Kier alpha value is -2.37. The zero-order chi connectivity index (χ0) is 55.7. The van der Waals surface area contributed by atoms with Crippen molar-refractivity contribution in [2.45, 2.75) is 386 Å². The fourth-order valence-electron chi connectivity index (χ4n) is 10.4. The van der Waals surface area contributed by atoms with E-state index in [2.05, 4.69) is 57.2 Å². The molecule has 0 N–H and O–H groups in total. The van der Waals surface area contributed by atoms with Gasteiger partial charge in [0.1, 0.15) is 13.2 Å². The molecule has 1 atom stereocenters. The summed E-state index contributed by atoms with van der Waals surface area (Å²) in [6, 6.07) is 0. The first-order chi connectivity index (χ1) is 38.0. The van der Waals surface area contributed by atoms with Crippen molar-refractivity contribution in [1.29, 1.82) is 0 Å². The molecule has 0 amide bonds. The molecule has 0 aliphatic heterocycles. The first kappa shape index (κ1) is 74.6. The van der Waals surface area contributed by atoms with Crippen molar-refractivity contribution in [3.05, 3.63) is 36.5 Å². The van der Waals surface area contributed by atoms with E-state index in [1.54, 1.807) is 0 Å². The van der Waals surface area contributed by atoms with Crippen molar-refractivity contribution in [3.8, 4) is 0 Å². The number of unbranched alkanes of at least 4 members (excludes halogenated alkanes) is 47. The number of hydrogen-bond donors (Lipinski definition) is 0. The second-order valence-electron chi connectivity index (χ2n) is 23.4. The second-order valence-corrected chi connectivity index (χ2v) is 23.4. The van der Waals surface area contributed by atoms with E-state index >= 15 is 0 Å². The minimum Gasteiger partial charge on any atom is -0.462 e. The van der Waals surface area contributed by atoms with Crippen LogP contribution in [0.15, 0.2) is 36.5 Å². The van der Waals surface area contributed by atoms with Gasteiger partial charge in [0.2, 0.25) is 0 Å². The number of hydrogen-bond acceptors (Lipinski definition) is 6. The molecule has 0 saturated heterocycles. The molecule has 0 saturated carbocycles. The Morgan fingerprint density at radius 2 is 0.468 bits per heavy atom. The number of carbonyl (C=O) groups excluding carboxylic acids is 3. The summed E-state index contributed by atoms with van der Waals surface area (Å²) in [7, 11) is 0. The van der Waals surface area contributed by atoms with Gasteiger partial charge in [0, 0.05) is 19.3 Å². The molecule has 0 fully saturated rings. The molecule has 0 aromatic rings. The number of allylic oxidation sites excluding steroid dienone is 6. The van der Waals surface area contributed by atoms with Gasteiger partial charge < -0.3 is 14.2 Å². The fourth-order valence-corrected chi connectivity index (χ4v) is 10.4. The van der Waals surface area contributed by atoms with E-state index in [4.69, 9.17) is 14.2 Å². The molecule has 0 aliphatic rings. The molecule has 1 unspecified atom stereocenters. The van der Waals surface area contributed by atoms with Crippen molar-refractivity contribution in [3.63, 3.8) is 0 Å². The minimum absolute atomic E-state index is 0.0679. The third kappa shape index (κ3) is 64.3. The number of esters is 3. The van der Waals surface area contributed by atoms with Gasteiger partial charge in [-0.1, -0.05) is 320 Å². The molecule has 0 aromatic heterocycles. The van der Waals surface area contributed by atoms with Crippen molar-refractivity contribution in [2.24, 2.45) is 0 Å². The van der Waals surface area contributed by atoms with Gasteiger partial charge in [-0.05, 0) is 77.0 Å². The first-order valence-corrected chi connectivity index (χ1v) is 34.5. The summed E-state index contributed by atoms with van der Waals surface area (Å²) in [5.41, 5.74) is 0. The van der Waals surface area contributed by atoms with Crippen LogP contribution < -0.4 is 0 Å². The Labute approximate surface area is 480 Å². The lowest BCUT2D eigenvalue weighted by molar-refractivity contribution is -0.167. The van der Waals surface area contributed by atoms with E-state index in [1.165, 1.54) is 270 Å². The van der Waals surface area contributed by atoms with Crippen LogP contribution in [0.3, 0.4) is 0 Å². The molecule has 0 radical (unpaired) electrons. The number of carbonyl (C=O) groups is 3. The van der Waals surface area contributed by atoms with E-state index < -0.39 is 6.10 Å². The summed E-state index contributed by atoms with van der Waals surface area (Å²) in [6.07, 6.45) is 82.3. The van der Waals surface area contributed by atoms with E-state index in [9.17, 15) is 14.4 Å². The van der Waals surface area contributed by atoms with Crippen LogP contribution in [0, 0.1) is 0 Å². The Morgan fingerprint density at radius 1 is 0.260 bits per heavy atom. The van der Waals surface area contributed by atoms with Crippen LogP contribution in [-0.4, -0.2) is 37.2 Å². The first-order valence-electron chi connectivity index (χ1n) is 34.5. The highest BCUT2D eigenvalue weighted by molar-refractivity contribution is 5.71. The summed E-state index contributed by atoms with van der Waals surface area (Å²) < 4.78 is 16.8. The Morgan fingerprint density at radius 3 is 0.727 bits per heavy atom. The molecule has 77 heavy (non-hydrogen) atoms. The molecule has 452 valence electrons. The van der Waals surface area contributed by atoms with Crippen LogP contribution in [0.1, 0.15) is 380 Å². The maximum Gasteiger partial charge on any atom is 0.306 e. The van der Waals surface area contributed by atoms with E-state index in [1.807, 2.05) is 0 Å². The fraction of sp³-hybridized carbons (Fsp3) is 0.873. The van der Waals surface area contributed by atoms with Gasteiger partial charge >= 0.3 is 17.9 Å².